The first-order valence-corrected chi connectivity index (χ1v) is 7.57. The highest BCUT2D eigenvalue weighted by molar-refractivity contribution is 7.92. The summed E-state index contributed by atoms with van der Waals surface area (Å²) >= 11 is 11.7. The van der Waals surface area contributed by atoms with Crippen LogP contribution < -0.4 is 10.5 Å². The van der Waals surface area contributed by atoms with Crippen molar-refractivity contribution in [3.8, 4) is 0 Å². The van der Waals surface area contributed by atoms with Crippen LogP contribution in [0.5, 0.6) is 0 Å². The van der Waals surface area contributed by atoms with Crippen LogP contribution in [0, 0.1) is 5.82 Å². The molecule has 0 unspecified atom stereocenters. The molecule has 3 N–H and O–H groups in total. The number of benzene rings is 2. The van der Waals surface area contributed by atoms with Crippen LogP contribution in [0.3, 0.4) is 0 Å². The van der Waals surface area contributed by atoms with E-state index in [1.807, 2.05) is 0 Å². The molecular formula is C12H9Cl2FN2O2S. The zero-order valence-electron chi connectivity index (χ0n) is 9.90. The number of sulfonamides is 1. The molecule has 2 rings (SSSR count). The molecule has 0 bridgehead atoms. The average molecular weight is 335 g/mol. The molecule has 20 heavy (non-hydrogen) atoms. The van der Waals surface area contributed by atoms with Gasteiger partial charge in [0.25, 0.3) is 10.0 Å². The van der Waals surface area contributed by atoms with Gasteiger partial charge in [0.1, 0.15) is 5.82 Å². The Hall–Kier alpha value is -1.50. The SMILES string of the molecule is Nc1cc(S(=O)(=O)Nc2cccc(Cl)c2Cl)ccc1F. The standard InChI is InChI=1S/C12H9Cl2FN2O2S/c13-8-2-1-3-11(12(8)14)17-20(18,19)7-4-5-9(15)10(16)6-7/h1-6,17H,16H2. The van der Waals surface area contributed by atoms with E-state index in [0.29, 0.717) is 0 Å². The number of halogens is 3. The van der Waals surface area contributed by atoms with E-state index in [1.54, 1.807) is 6.07 Å². The van der Waals surface area contributed by atoms with Gasteiger partial charge < -0.3 is 5.73 Å². The molecule has 2 aromatic carbocycles. The van der Waals surface area contributed by atoms with Crippen molar-refractivity contribution in [2.24, 2.45) is 0 Å². The van der Waals surface area contributed by atoms with Crippen molar-refractivity contribution in [2.45, 2.75) is 4.90 Å². The smallest absolute Gasteiger partial charge is 0.262 e. The summed E-state index contributed by atoms with van der Waals surface area (Å²) in [5.74, 6) is -0.690. The maximum absolute atomic E-state index is 13.1. The fourth-order valence-electron chi connectivity index (χ4n) is 1.48. The Kier molecular flexibility index (Phi) is 4.08. The topological polar surface area (TPSA) is 72.2 Å². The van der Waals surface area contributed by atoms with Crippen molar-refractivity contribution in [2.75, 3.05) is 10.5 Å². The molecule has 0 amide bonds. The minimum atomic E-state index is -3.93. The van der Waals surface area contributed by atoms with Gasteiger partial charge in [-0.3, -0.25) is 4.72 Å². The molecule has 2 aromatic rings. The van der Waals surface area contributed by atoms with E-state index < -0.39 is 15.8 Å². The van der Waals surface area contributed by atoms with Gasteiger partial charge in [-0.1, -0.05) is 29.3 Å². The maximum Gasteiger partial charge on any atom is 0.262 e. The molecule has 0 saturated heterocycles. The first-order valence-electron chi connectivity index (χ1n) is 5.33. The van der Waals surface area contributed by atoms with E-state index in [-0.39, 0.29) is 26.3 Å². The first kappa shape index (κ1) is 14.9. The lowest BCUT2D eigenvalue weighted by molar-refractivity contribution is 0.600. The van der Waals surface area contributed by atoms with Gasteiger partial charge in [-0.15, -0.1) is 0 Å². The molecule has 0 spiro atoms. The lowest BCUT2D eigenvalue weighted by Gasteiger charge is -2.11. The number of nitrogens with one attached hydrogen (secondary N) is 1. The van der Waals surface area contributed by atoms with Crippen LogP contribution in [0.2, 0.25) is 10.0 Å². The molecule has 4 nitrogen and oxygen atoms in total. The van der Waals surface area contributed by atoms with Crippen molar-refractivity contribution < 1.29 is 12.8 Å². The molecule has 0 heterocycles. The van der Waals surface area contributed by atoms with E-state index in [4.69, 9.17) is 28.9 Å². The van der Waals surface area contributed by atoms with Gasteiger partial charge in [-0.25, -0.2) is 12.8 Å². The molecule has 0 aliphatic carbocycles. The predicted octanol–water partition coefficient (Wildman–Crippen LogP) is 3.52. The highest BCUT2D eigenvalue weighted by atomic mass is 35.5. The number of hydrogen-bond donors (Lipinski definition) is 2. The Morgan fingerprint density at radius 1 is 1.15 bits per heavy atom. The molecule has 0 fully saturated rings. The van der Waals surface area contributed by atoms with Gasteiger partial charge in [0.2, 0.25) is 0 Å². The number of nitrogens with two attached hydrogens (primary N) is 1. The molecule has 0 atom stereocenters. The minimum Gasteiger partial charge on any atom is -0.396 e. The van der Waals surface area contributed by atoms with Crippen LogP contribution >= 0.6 is 23.2 Å². The van der Waals surface area contributed by atoms with Gasteiger partial charge >= 0.3 is 0 Å². The molecule has 0 aromatic heterocycles. The molecular weight excluding hydrogens is 326 g/mol. The van der Waals surface area contributed by atoms with Gasteiger partial charge in [0.15, 0.2) is 0 Å². The first-order chi connectivity index (χ1) is 9.31. The van der Waals surface area contributed by atoms with Crippen molar-refractivity contribution in [3.63, 3.8) is 0 Å². The zero-order chi connectivity index (χ0) is 14.9. The van der Waals surface area contributed by atoms with Crippen molar-refractivity contribution in [1.29, 1.82) is 0 Å². The van der Waals surface area contributed by atoms with Crippen LogP contribution in [-0.4, -0.2) is 8.42 Å². The van der Waals surface area contributed by atoms with Gasteiger partial charge in [0.05, 0.1) is 26.3 Å². The monoisotopic (exact) mass is 334 g/mol. The summed E-state index contributed by atoms with van der Waals surface area (Å²) < 4.78 is 39.6. The Morgan fingerprint density at radius 2 is 1.85 bits per heavy atom. The van der Waals surface area contributed by atoms with E-state index in [9.17, 15) is 12.8 Å². The Morgan fingerprint density at radius 3 is 2.50 bits per heavy atom. The Balaban J connectivity index is 2.41. The summed E-state index contributed by atoms with van der Waals surface area (Å²) in [5, 5.41) is 0.290. The highest BCUT2D eigenvalue weighted by Crippen LogP contribution is 2.31. The number of anilines is 2. The molecule has 106 valence electrons. The average Bonchev–Trinajstić information content (AvgIpc) is 2.38. The van der Waals surface area contributed by atoms with Crippen LogP contribution in [0.15, 0.2) is 41.3 Å². The Bertz CT molecular complexity index is 766. The highest BCUT2D eigenvalue weighted by Gasteiger charge is 2.17. The normalized spacial score (nSPS) is 11.3. The van der Waals surface area contributed by atoms with Crippen LogP contribution in [-0.2, 0) is 10.0 Å². The van der Waals surface area contributed by atoms with Crippen molar-refractivity contribution in [1.82, 2.24) is 0 Å². The third-order valence-electron chi connectivity index (χ3n) is 2.47. The lowest BCUT2D eigenvalue weighted by Crippen LogP contribution is -2.13. The van der Waals surface area contributed by atoms with Crippen LogP contribution in [0.4, 0.5) is 15.8 Å². The quantitative estimate of drug-likeness (QED) is 0.843. The second kappa shape index (κ2) is 5.47. The lowest BCUT2D eigenvalue weighted by atomic mass is 10.3. The van der Waals surface area contributed by atoms with Gasteiger partial charge in [0, 0.05) is 0 Å². The second-order valence-electron chi connectivity index (χ2n) is 3.89. The molecule has 0 aliphatic rings. The zero-order valence-corrected chi connectivity index (χ0v) is 12.2. The van der Waals surface area contributed by atoms with E-state index in [2.05, 4.69) is 4.72 Å². The molecule has 0 saturated carbocycles. The van der Waals surface area contributed by atoms with Gasteiger partial charge in [-0.05, 0) is 30.3 Å². The fraction of sp³-hybridized carbons (Fsp3) is 0. The summed E-state index contributed by atoms with van der Waals surface area (Å²) in [6.07, 6.45) is 0. The third-order valence-corrected chi connectivity index (χ3v) is 4.66. The molecule has 0 aliphatic heterocycles. The number of nitrogen functional groups attached to an aromatic ring is 1. The minimum absolute atomic E-state index is 0.0767. The number of rotatable bonds is 3. The fourth-order valence-corrected chi connectivity index (χ4v) is 2.99. The molecule has 8 heteroatoms. The van der Waals surface area contributed by atoms with E-state index >= 15 is 0 Å². The van der Waals surface area contributed by atoms with E-state index in [1.165, 1.54) is 12.1 Å². The third kappa shape index (κ3) is 2.98. The summed E-state index contributed by atoms with van der Waals surface area (Å²) in [6, 6.07) is 7.63. The summed E-state index contributed by atoms with van der Waals surface area (Å²) in [7, 11) is -3.93. The Labute approximate surface area is 125 Å². The number of hydrogen-bond acceptors (Lipinski definition) is 3. The molecule has 0 radical (unpaired) electrons. The largest absolute Gasteiger partial charge is 0.396 e. The van der Waals surface area contributed by atoms with Crippen molar-refractivity contribution >= 4 is 44.6 Å². The summed E-state index contributed by atoms with van der Waals surface area (Å²) in [5.41, 5.74) is 5.22. The predicted molar refractivity (Wildman–Crippen MR) is 78.1 cm³/mol. The van der Waals surface area contributed by atoms with Crippen LogP contribution in [0.1, 0.15) is 0 Å². The van der Waals surface area contributed by atoms with Gasteiger partial charge in [-0.2, -0.15) is 0 Å². The van der Waals surface area contributed by atoms with Crippen molar-refractivity contribution in [3.05, 3.63) is 52.3 Å². The summed E-state index contributed by atoms with van der Waals surface area (Å²) in [4.78, 5) is -0.174. The maximum atomic E-state index is 13.1. The van der Waals surface area contributed by atoms with E-state index in [0.717, 1.165) is 18.2 Å². The summed E-state index contributed by atoms with van der Waals surface area (Å²) in [6.45, 7) is 0. The van der Waals surface area contributed by atoms with Crippen LogP contribution in [0.25, 0.3) is 0 Å². The second-order valence-corrected chi connectivity index (χ2v) is 6.36.